The Morgan fingerprint density at radius 1 is 0.385 bits per heavy atom. The van der Waals surface area contributed by atoms with E-state index in [-0.39, 0.29) is 6.92 Å². The normalized spacial score (nSPS) is 12.5. The molecule has 11 rings (SSSR count). The molecule has 0 bridgehead atoms. The lowest BCUT2D eigenvalue weighted by molar-refractivity contribution is 0.480. The summed E-state index contributed by atoms with van der Waals surface area (Å²) < 4.78 is 16.2. The maximum atomic E-state index is 6.99. The van der Waals surface area contributed by atoms with E-state index in [0.29, 0.717) is 0 Å². The number of hydrogen-bond donors (Lipinski definition) is 0. The molecular weight excluding hydrogens is 633 g/mol. The van der Waals surface area contributed by atoms with E-state index in [2.05, 4.69) is 187 Å². The molecule has 0 spiro atoms. The Balaban J connectivity index is 1.11. The number of hydrogen-bond acceptors (Lipinski definition) is 2. The van der Waals surface area contributed by atoms with E-state index >= 15 is 0 Å². The lowest BCUT2D eigenvalue weighted by Gasteiger charge is -2.33. The first-order chi connectivity index (χ1) is 25.8. The van der Waals surface area contributed by atoms with E-state index in [4.69, 9.17) is 9.39 Å². The second-order valence-corrected chi connectivity index (χ2v) is 13.6. The first-order valence-corrected chi connectivity index (χ1v) is 17.8. The predicted molar refractivity (Wildman–Crippen MR) is 215 cm³/mol. The fourth-order valence-electron chi connectivity index (χ4n) is 8.38. The molecule has 0 fully saturated rings. The predicted octanol–water partition coefficient (Wildman–Crippen LogP) is 11.1. The minimum Gasteiger partial charge on any atom is -0.551 e. The Labute approximate surface area is 302 Å². The van der Waals surface area contributed by atoms with E-state index in [1.165, 1.54) is 32.9 Å². The van der Waals surface area contributed by atoms with Crippen molar-refractivity contribution in [1.29, 1.82) is 0 Å². The van der Waals surface area contributed by atoms with Crippen molar-refractivity contribution in [3.63, 3.8) is 0 Å². The van der Waals surface area contributed by atoms with Gasteiger partial charge in [0.2, 0.25) is 0 Å². The van der Waals surface area contributed by atoms with Crippen LogP contribution >= 0.6 is 0 Å². The highest BCUT2D eigenvalue weighted by atomic mass is 16.5. The molecular formula is C48H30BNO2. The number of rotatable bonds is 4. The summed E-state index contributed by atoms with van der Waals surface area (Å²) in [4.78, 5) is 0. The van der Waals surface area contributed by atoms with Crippen molar-refractivity contribution in [2.75, 3.05) is 0 Å². The van der Waals surface area contributed by atoms with Crippen LogP contribution in [0, 0.1) is 0 Å². The van der Waals surface area contributed by atoms with Gasteiger partial charge in [-0.1, -0.05) is 140 Å². The first-order valence-electron chi connectivity index (χ1n) is 17.8. The van der Waals surface area contributed by atoms with E-state index in [0.717, 1.165) is 67.2 Å². The zero-order valence-electron chi connectivity index (χ0n) is 28.2. The smallest absolute Gasteiger partial charge is 0.434 e. The molecule has 0 N–H and O–H groups in total. The standard InChI is InChI=1S/C48H30BNO2/c1-2-14-31(15-3-1)34-16-4-5-17-35(34)32-26-27-41-46(29-32)51-47-30-33(28-40-39-21-9-13-25-45(39)52-49(41)48(40)47)36-18-6-10-22-42(36)50-43-23-11-7-19-37(43)38-20-8-12-24-44(38)50/h1-30H. The van der Waals surface area contributed by atoms with Crippen LogP contribution in [0.15, 0.2) is 182 Å². The van der Waals surface area contributed by atoms with Gasteiger partial charge in [-0.15, -0.1) is 0 Å². The fraction of sp³-hybridized carbons (Fsp3) is 0. The fourth-order valence-corrected chi connectivity index (χ4v) is 8.38. The van der Waals surface area contributed by atoms with E-state index in [1.54, 1.807) is 0 Å². The van der Waals surface area contributed by atoms with Crippen LogP contribution in [-0.4, -0.2) is 11.5 Å². The molecule has 0 amide bonds. The summed E-state index contributed by atoms with van der Waals surface area (Å²) in [6.45, 7) is -0.288. The number of para-hydroxylation sites is 4. The Morgan fingerprint density at radius 3 is 1.75 bits per heavy atom. The lowest BCUT2D eigenvalue weighted by Crippen LogP contribution is -2.53. The second-order valence-electron chi connectivity index (χ2n) is 13.6. The summed E-state index contributed by atoms with van der Waals surface area (Å²) >= 11 is 0. The van der Waals surface area contributed by atoms with Gasteiger partial charge < -0.3 is 14.0 Å². The SMILES string of the molecule is c1ccc(-c2ccccc2-c2ccc3c(c2)Oc2cc(-c4ccccc4-n4c5ccccc5c5ccccc54)cc4c2B3Oc2ccccc2-4)cc1. The summed E-state index contributed by atoms with van der Waals surface area (Å²) in [5.41, 5.74) is 14.7. The highest BCUT2D eigenvalue weighted by molar-refractivity contribution is 6.84. The van der Waals surface area contributed by atoms with Gasteiger partial charge in [-0.05, 0) is 75.8 Å². The number of benzene rings is 8. The molecule has 0 saturated carbocycles. The van der Waals surface area contributed by atoms with Gasteiger partial charge >= 0.3 is 6.92 Å². The monoisotopic (exact) mass is 663 g/mol. The van der Waals surface area contributed by atoms with Crippen molar-refractivity contribution in [1.82, 2.24) is 4.57 Å². The van der Waals surface area contributed by atoms with E-state index < -0.39 is 0 Å². The molecule has 0 saturated heterocycles. The third kappa shape index (κ3) is 4.34. The van der Waals surface area contributed by atoms with Gasteiger partial charge in [0.1, 0.15) is 17.2 Å². The molecule has 0 aliphatic carbocycles. The minimum absolute atomic E-state index is 0.288. The average molecular weight is 664 g/mol. The van der Waals surface area contributed by atoms with Crippen molar-refractivity contribution in [2.24, 2.45) is 0 Å². The van der Waals surface area contributed by atoms with Crippen LogP contribution in [0.4, 0.5) is 0 Å². The molecule has 242 valence electrons. The lowest BCUT2D eigenvalue weighted by atomic mass is 9.50. The Bertz CT molecular complexity index is 2820. The molecule has 2 aliphatic rings. The third-order valence-corrected chi connectivity index (χ3v) is 10.7. The average Bonchev–Trinajstić information content (AvgIpc) is 3.55. The van der Waals surface area contributed by atoms with Gasteiger partial charge in [-0.25, -0.2) is 0 Å². The molecule has 0 radical (unpaired) electrons. The van der Waals surface area contributed by atoms with Gasteiger partial charge in [-0.2, -0.15) is 0 Å². The highest BCUT2D eigenvalue weighted by Gasteiger charge is 2.41. The summed E-state index contributed by atoms with van der Waals surface area (Å²) in [6.07, 6.45) is 0. The third-order valence-electron chi connectivity index (χ3n) is 10.7. The summed E-state index contributed by atoms with van der Waals surface area (Å²) in [7, 11) is 0. The summed E-state index contributed by atoms with van der Waals surface area (Å²) in [5, 5.41) is 2.49. The van der Waals surface area contributed by atoms with Crippen LogP contribution in [0.1, 0.15) is 0 Å². The minimum atomic E-state index is -0.288. The van der Waals surface area contributed by atoms with Crippen molar-refractivity contribution < 1.29 is 9.39 Å². The van der Waals surface area contributed by atoms with Gasteiger partial charge in [0.25, 0.3) is 0 Å². The zero-order valence-corrected chi connectivity index (χ0v) is 28.2. The van der Waals surface area contributed by atoms with Crippen LogP contribution in [0.5, 0.6) is 17.2 Å². The Morgan fingerprint density at radius 2 is 0.981 bits per heavy atom. The van der Waals surface area contributed by atoms with Crippen molar-refractivity contribution in [3.8, 4) is 67.4 Å². The molecule has 3 nitrogen and oxygen atoms in total. The molecule has 52 heavy (non-hydrogen) atoms. The van der Waals surface area contributed by atoms with Gasteiger partial charge in [0.05, 0.1) is 16.7 Å². The number of nitrogens with zero attached hydrogens (tertiary/aromatic N) is 1. The molecule has 3 heterocycles. The number of aromatic nitrogens is 1. The van der Waals surface area contributed by atoms with Crippen molar-refractivity contribution in [2.45, 2.75) is 0 Å². The van der Waals surface area contributed by atoms with E-state index in [9.17, 15) is 0 Å². The van der Waals surface area contributed by atoms with Crippen LogP contribution < -0.4 is 20.3 Å². The maximum Gasteiger partial charge on any atom is 0.434 e. The summed E-state index contributed by atoms with van der Waals surface area (Å²) in [6, 6.07) is 64.7. The van der Waals surface area contributed by atoms with Gasteiger partial charge in [0.15, 0.2) is 0 Å². The van der Waals surface area contributed by atoms with Crippen molar-refractivity contribution in [3.05, 3.63) is 182 Å². The molecule has 8 aromatic carbocycles. The van der Waals surface area contributed by atoms with Crippen LogP contribution in [0.3, 0.4) is 0 Å². The Hall–Kier alpha value is -6.78. The maximum absolute atomic E-state index is 6.99. The molecule has 0 atom stereocenters. The van der Waals surface area contributed by atoms with Crippen LogP contribution in [0.2, 0.25) is 0 Å². The van der Waals surface area contributed by atoms with E-state index in [1.807, 2.05) is 0 Å². The molecule has 9 aromatic rings. The highest BCUT2D eigenvalue weighted by Crippen LogP contribution is 2.44. The quantitative estimate of drug-likeness (QED) is 0.175. The Kier molecular flexibility index (Phi) is 6.35. The largest absolute Gasteiger partial charge is 0.551 e. The molecule has 2 aliphatic heterocycles. The number of ether oxygens (including phenoxy) is 1. The second kappa shape index (κ2) is 11.4. The topological polar surface area (TPSA) is 23.4 Å². The van der Waals surface area contributed by atoms with Gasteiger partial charge in [-0.3, -0.25) is 0 Å². The molecule has 1 aromatic heterocycles. The molecule has 4 heteroatoms. The number of fused-ring (bicyclic) bond motifs is 7. The first kappa shape index (κ1) is 29.0. The van der Waals surface area contributed by atoms with Gasteiger partial charge in [0, 0.05) is 32.8 Å². The van der Waals surface area contributed by atoms with Crippen molar-refractivity contribution >= 4 is 39.6 Å². The molecule has 0 unspecified atom stereocenters. The summed E-state index contributed by atoms with van der Waals surface area (Å²) in [5.74, 6) is 2.52. The zero-order chi connectivity index (χ0) is 34.2. The van der Waals surface area contributed by atoms with Crippen LogP contribution in [0.25, 0.3) is 72.0 Å². The van der Waals surface area contributed by atoms with Crippen LogP contribution in [-0.2, 0) is 0 Å².